The third kappa shape index (κ3) is 8.19. The van der Waals surface area contributed by atoms with Crippen LogP contribution in [0.25, 0.3) is 0 Å². The fourth-order valence-electron chi connectivity index (χ4n) is 1.60. The second-order valence-corrected chi connectivity index (χ2v) is 5.01. The van der Waals surface area contributed by atoms with E-state index in [1.807, 2.05) is 0 Å². The van der Waals surface area contributed by atoms with E-state index in [4.69, 9.17) is 20.4 Å². The molecular weight excluding hydrogens is 376 g/mol. The van der Waals surface area contributed by atoms with Crippen molar-refractivity contribution in [2.45, 2.75) is 36.9 Å². The van der Waals surface area contributed by atoms with Gasteiger partial charge in [0.15, 0.2) is 11.2 Å². The van der Waals surface area contributed by atoms with E-state index in [9.17, 15) is 39.0 Å². The summed E-state index contributed by atoms with van der Waals surface area (Å²) in [6, 6.07) is 0. The van der Waals surface area contributed by atoms with E-state index >= 15 is 0 Å². The topological polar surface area (TPSA) is 233 Å². The number of carboxylic acids is 4. The van der Waals surface area contributed by atoms with E-state index in [1.165, 1.54) is 0 Å². The molecule has 13 nitrogen and oxygen atoms in total. The average Bonchev–Trinajstić information content (AvgIpc) is 2.34. The molecule has 0 aliphatic rings. The minimum atomic E-state index is -3.09. The van der Waals surface area contributed by atoms with Gasteiger partial charge in [-0.15, -0.1) is 0 Å². The SMILES string of the molecule is O=C(O)CC(O)(CC(=O)OC(=O)CC(O)(CC(=O)O)C(=O)O)C(=O)O.[MgH2]. The maximum Gasteiger partial charge on any atom is 0.336 e. The average molecular weight is 393 g/mol. The number of esters is 2. The zero-order chi connectivity index (χ0) is 20.0. The molecule has 6 N–H and O–H groups in total. The Morgan fingerprint density at radius 1 is 0.615 bits per heavy atom. The molecule has 2 unspecified atom stereocenters. The van der Waals surface area contributed by atoms with Crippen LogP contribution in [0.3, 0.4) is 0 Å². The van der Waals surface area contributed by atoms with Crippen molar-refractivity contribution >= 4 is 58.9 Å². The Labute approximate surface area is 160 Å². The highest BCUT2D eigenvalue weighted by Gasteiger charge is 2.44. The maximum absolute atomic E-state index is 11.4. The van der Waals surface area contributed by atoms with Crippen LogP contribution in [-0.4, -0.2) is 101 Å². The first kappa shape index (κ1) is 25.9. The molecule has 0 heterocycles. The molecule has 144 valence electrons. The van der Waals surface area contributed by atoms with Crippen molar-refractivity contribution in [1.29, 1.82) is 0 Å². The van der Waals surface area contributed by atoms with E-state index in [1.54, 1.807) is 0 Å². The smallest absolute Gasteiger partial charge is 0.336 e. The number of aliphatic hydroxyl groups is 2. The van der Waals surface area contributed by atoms with E-state index < -0.39 is 72.7 Å². The van der Waals surface area contributed by atoms with Crippen LogP contribution in [0.15, 0.2) is 0 Å². The van der Waals surface area contributed by atoms with Crippen molar-refractivity contribution in [2.24, 2.45) is 0 Å². The van der Waals surface area contributed by atoms with Gasteiger partial charge in [-0.2, -0.15) is 0 Å². The summed E-state index contributed by atoms with van der Waals surface area (Å²) in [7, 11) is 0. The summed E-state index contributed by atoms with van der Waals surface area (Å²) >= 11 is 0. The monoisotopic (exact) mass is 392 g/mol. The minimum Gasteiger partial charge on any atom is -0.481 e. The number of carboxylic acid groups (broad SMARTS) is 4. The van der Waals surface area contributed by atoms with Gasteiger partial charge in [-0.25, -0.2) is 9.59 Å². The van der Waals surface area contributed by atoms with Crippen LogP contribution in [0, 0.1) is 0 Å². The van der Waals surface area contributed by atoms with Crippen LogP contribution >= 0.6 is 0 Å². The van der Waals surface area contributed by atoms with Gasteiger partial charge in [-0.05, 0) is 0 Å². The predicted molar refractivity (Wildman–Crippen MR) is 78.6 cm³/mol. The van der Waals surface area contributed by atoms with Gasteiger partial charge in [0.25, 0.3) is 0 Å². The van der Waals surface area contributed by atoms with Gasteiger partial charge >= 0.3 is 58.9 Å². The number of rotatable bonds is 10. The van der Waals surface area contributed by atoms with Crippen molar-refractivity contribution in [3.05, 3.63) is 0 Å². The molecule has 0 spiro atoms. The molecule has 0 bridgehead atoms. The van der Waals surface area contributed by atoms with Crippen molar-refractivity contribution in [2.75, 3.05) is 0 Å². The number of aliphatic carboxylic acids is 4. The fourth-order valence-corrected chi connectivity index (χ4v) is 1.60. The van der Waals surface area contributed by atoms with E-state index in [0.717, 1.165) is 0 Å². The van der Waals surface area contributed by atoms with Gasteiger partial charge < -0.3 is 35.4 Å². The first-order valence-corrected chi connectivity index (χ1v) is 6.30. The number of carbonyl (C=O) groups is 6. The number of hydrogen-bond acceptors (Lipinski definition) is 9. The van der Waals surface area contributed by atoms with Crippen LogP contribution in [0.5, 0.6) is 0 Å². The third-order valence-corrected chi connectivity index (χ3v) is 2.78. The summed E-state index contributed by atoms with van der Waals surface area (Å²) < 4.78 is 3.99. The van der Waals surface area contributed by atoms with Crippen LogP contribution < -0.4 is 0 Å². The normalized spacial score (nSPS) is 14.7. The summed E-state index contributed by atoms with van der Waals surface area (Å²) in [5, 5.41) is 53.6. The van der Waals surface area contributed by atoms with Gasteiger partial charge in [-0.3, -0.25) is 19.2 Å². The van der Waals surface area contributed by atoms with Crippen molar-refractivity contribution in [3.63, 3.8) is 0 Å². The Balaban J connectivity index is 0. The second-order valence-electron chi connectivity index (χ2n) is 5.01. The van der Waals surface area contributed by atoms with Gasteiger partial charge in [0.1, 0.15) is 0 Å². The molecule has 0 aromatic heterocycles. The highest BCUT2D eigenvalue weighted by Crippen LogP contribution is 2.20. The molecule has 0 amide bonds. The Bertz CT molecular complexity index is 562. The molecule has 14 heteroatoms. The van der Waals surface area contributed by atoms with E-state index in [0.29, 0.717) is 0 Å². The summed E-state index contributed by atoms with van der Waals surface area (Å²) in [6.45, 7) is 0. The second kappa shape index (κ2) is 10.0. The molecular formula is C12H16MgO13. The lowest BCUT2D eigenvalue weighted by Crippen LogP contribution is -2.45. The van der Waals surface area contributed by atoms with Crippen LogP contribution in [0.1, 0.15) is 25.7 Å². The van der Waals surface area contributed by atoms with Gasteiger partial charge in [0, 0.05) is 0 Å². The number of hydrogen-bond donors (Lipinski definition) is 6. The van der Waals surface area contributed by atoms with Gasteiger partial charge in [0.05, 0.1) is 25.7 Å². The molecule has 0 saturated carbocycles. The molecule has 0 radical (unpaired) electrons. The minimum absolute atomic E-state index is 0. The summed E-state index contributed by atoms with van der Waals surface area (Å²) in [5.74, 6) is -11.2. The molecule has 0 aliphatic carbocycles. The molecule has 26 heavy (non-hydrogen) atoms. The molecule has 0 aliphatic heterocycles. The van der Waals surface area contributed by atoms with Crippen molar-refractivity contribution in [1.82, 2.24) is 0 Å². The first-order valence-electron chi connectivity index (χ1n) is 6.30. The van der Waals surface area contributed by atoms with E-state index in [2.05, 4.69) is 4.74 Å². The summed E-state index contributed by atoms with van der Waals surface area (Å²) in [4.78, 5) is 65.5. The summed E-state index contributed by atoms with van der Waals surface area (Å²) in [6.07, 6.45) is -5.73. The molecule has 0 rings (SSSR count). The molecule has 2 atom stereocenters. The zero-order valence-corrected chi connectivity index (χ0v) is 12.4. The van der Waals surface area contributed by atoms with Crippen LogP contribution in [-0.2, 0) is 33.5 Å². The summed E-state index contributed by atoms with van der Waals surface area (Å²) in [5.41, 5.74) is -6.18. The molecule has 0 aromatic rings. The standard InChI is InChI=1S/C12H14O13.Mg.2H/c13-5(14)1-11(23,9(19)20)3-7(17)25-8(18)4-12(24,10(21)22)2-6(15)16;;;/h23-24H,1-4H2,(H,13,14)(H,15,16)(H,19,20)(H,21,22);;;. The zero-order valence-electron chi connectivity index (χ0n) is 12.4. The largest absolute Gasteiger partial charge is 0.481 e. The van der Waals surface area contributed by atoms with Crippen LogP contribution in [0.2, 0.25) is 0 Å². The lowest BCUT2D eigenvalue weighted by molar-refractivity contribution is -0.179. The lowest BCUT2D eigenvalue weighted by atomic mass is 9.95. The first-order chi connectivity index (χ1) is 11.2. The highest BCUT2D eigenvalue weighted by molar-refractivity contribution is 5.94. The maximum atomic E-state index is 11.4. The highest BCUT2D eigenvalue weighted by atomic mass is 24.3. The molecule has 0 saturated heterocycles. The van der Waals surface area contributed by atoms with Crippen LogP contribution in [0.4, 0.5) is 0 Å². The molecule has 0 aromatic carbocycles. The predicted octanol–water partition coefficient (Wildman–Crippen LogP) is -3.50. The van der Waals surface area contributed by atoms with Crippen molar-refractivity contribution in [3.8, 4) is 0 Å². The Morgan fingerprint density at radius 2 is 0.885 bits per heavy atom. The Kier molecular flexibility index (Phi) is 9.98. The van der Waals surface area contributed by atoms with E-state index in [-0.39, 0.29) is 23.1 Å². The number of carbonyl (C=O) groups excluding carboxylic acids is 2. The van der Waals surface area contributed by atoms with Crippen molar-refractivity contribution < 1.29 is 64.1 Å². The fraction of sp³-hybridized carbons (Fsp3) is 0.500. The Morgan fingerprint density at radius 3 is 1.08 bits per heavy atom. The lowest BCUT2D eigenvalue weighted by Gasteiger charge is -2.21. The quantitative estimate of drug-likeness (QED) is 0.120. The third-order valence-electron chi connectivity index (χ3n) is 2.78. The van der Waals surface area contributed by atoms with Gasteiger partial charge in [-0.1, -0.05) is 0 Å². The van der Waals surface area contributed by atoms with Gasteiger partial charge in [0.2, 0.25) is 0 Å². The Hall–Kier alpha value is -2.29. The number of ether oxygens (including phenoxy) is 1. The molecule has 0 fully saturated rings.